The fourth-order valence-electron chi connectivity index (χ4n) is 5.91. The summed E-state index contributed by atoms with van der Waals surface area (Å²) in [7, 11) is 1.66. The summed E-state index contributed by atoms with van der Waals surface area (Å²) in [6.07, 6.45) is 2.08. The van der Waals surface area contributed by atoms with Gasteiger partial charge in [-0.05, 0) is 66.5 Å². The molecule has 1 amide bonds. The van der Waals surface area contributed by atoms with Crippen LogP contribution in [0.1, 0.15) is 36.8 Å². The SMILES string of the molecule is COC1CCC2(CC1)Cc1ccc(-c3cccnc3)cc1C21N=C(N)N(CC(F)(F)F)C1=O. The zero-order valence-corrected chi connectivity index (χ0v) is 18.2. The van der Waals surface area contributed by atoms with Crippen molar-refractivity contribution >= 4 is 11.9 Å². The van der Waals surface area contributed by atoms with E-state index < -0.39 is 29.6 Å². The number of hydrogen-bond acceptors (Lipinski definition) is 5. The largest absolute Gasteiger partial charge is 0.406 e. The van der Waals surface area contributed by atoms with Crippen LogP contribution in [0.15, 0.2) is 47.7 Å². The van der Waals surface area contributed by atoms with Crippen LogP contribution < -0.4 is 5.73 Å². The van der Waals surface area contributed by atoms with Crippen molar-refractivity contribution in [1.29, 1.82) is 0 Å². The minimum absolute atomic E-state index is 0.0615. The van der Waals surface area contributed by atoms with Crippen molar-refractivity contribution in [2.24, 2.45) is 16.1 Å². The number of ether oxygens (including phenoxy) is 1. The summed E-state index contributed by atoms with van der Waals surface area (Å²) < 4.78 is 45.5. The van der Waals surface area contributed by atoms with E-state index in [2.05, 4.69) is 9.98 Å². The van der Waals surface area contributed by atoms with Gasteiger partial charge in [-0.2, -0.15) is 13.2 Å². The molecule has 6 nitrogen and oxygen atoms in total. The van der Waals surface area contributed by atoms with E-state index in [4.69, 9.17) is 10.5 Å². The average Bonchev–Trinajstić information content (AvgIpc) is 3.20. The van der Waals surface area contributed by atoms with Gasteiger partial charge in [-0.25, -0.2) is 4.99 Å². The van der Waals surface area contributed by atoms with Crippen LogP contribution in [0.3, 0.4) is 0 Å². The van der Waals surface area contributed by atoms with E-state index in [0.717, 1.165) is 16.7 Å². The van der Waals surface area contributed by atoms with E-state index in [9.17, 15) is 18.0 Å². The van der Waals surface area contributed by atoms with E-state index in [1.807, 2.05) is 30.3 Å². The summed E-state index contributed by atoms with van der Waals surface area (Å²) in [5.74, 6) is -1.06. The normalized spacial score (nSPS) is 29.1. The van der Waals surface area contributed by atoms with Crippen molar-refractivity contribution < 1.29 is 22.7 Å². The maximum absolute atomic E-state index is 13.8. The van der Waals surface area contributed by atoms with Gasteiger partial charge >= 0.3 is 6.18 Å². The first-order valence-corrected chi connectivity index (χ1v) is 11.0. The van der Waals surface area contributed by atoms with Gasteiger partial charge in [0.2, 0.25) is 0 Å². The highest BCUT2D eigenvalue weighted by molar-refractivity contribution is 6.08. The standard InChI is InChI=1S/C24H25F3N4O2/c1-33-18-6-8-22(9-7-18)12-16-5-4-15(17-3-2-10-29-13-17)11-19(16)24(22)20(32)31(21(28)30-24)14-23(25,26)27/h2-5,10-11,13,18H,6-9,12,14H2,1H3,(H2,28,30). The molecule has 2 spiro atoms. The van der Waals surface area contributed by atoms with Crippen molar-refractivity contribution in [1.82, 2.24) is 9.88 Å². The van der Waals surface area contributed by atoms with Crippen LogP contribution in [0, 0.1) is 5.41 Å². The third-order valence-electron chi connectivity index (χ3n) is 7.46. The number of rotatable bonds is 3. The van der Waals surface area contributed by atoms with Gasteiger partial charge in [0.05, 0.1) is 6.10 Å². The Morgan fingerprint density at radius 3 is 2.61 bits per heavy atom. The first kappa shape index (κ1) is 21.9. The van der Waals surface area contributed by atoms with Gasteiger partial charge in [0, 0.05) is 24.9 Å². The number of aromatic nitrogens is 1. The molecular weight excluding hydrogens is 433 g/mol. The van der Waals surface area contributed by atoms with E-state index in [-0.39, 0.29) is 12.1 Å². The third-order valence-corrected chi connectivity index (χ3v) is 7.46. The van der Waals surface area contributed by atoms with Crippen molar-refractivity contribution in [2.75, 3.05) is 13.7 Å². The topological polar surface area (TPSA) is 80.8 Å². The van der Waals surface area contributed by atoms with Crippen LogP contribution in [0.4, 0.5) is 13.2 Å². The molecule has 1 aromatic carbocycles. The number of methoxy groups -OCH3 is 1. The Morgan fingerprint density at radius 2 is 1.97 bits per heavy atom. The number of carbonyl (C=O) groups excluding carboxylic acids is 1. The average molecular weight is 458 g/mol. The molecule has 9 heteroatoms. The highest BCUT2D eigenvalue weighted by Gasteiger charge is 2.67. The molecule has 2 aromatic rings. The first-order valence-electron chi connectivity index (χ1n) is 11.0. The molecule has 1 atom stereocenters. The zero-order chi connectivity index (χ0) is 23.4. The summed E-state index contributed by atoms with van der Waals surface area (Å²) >= 11 is 0. The Bertz CT molecular complexity index is 1110. The molecule has 0 saturated heterocycles. The van der Waals surface area contributed by atoms with Crippen molar-refractivity contribution in [3.63, 3.8) is 0 Å². The van der Waals surface area contributed by atoms with E-state index in [1.165, 1.54) is 0 Å². The molecule has 33 heavy (non-hydrogen) atoms. The molecule has 0 radical (unpaired) electrons. The van der Waals surface area contributed by atoms with Crippen LogP contribution in [0.2, 0.25) is 0 Å². The molecule has 174 valence electrons. The number of nitrogens with two attached hydrogens (primary N) is 1. The van der Waals surface area contributed by atoms with Gasteiger partial charge in [0.15, 0.2) is 11.5 Å². The second-order valence-corrected chi connectivity index (χ2v) is 9.19. The Balaban J connectivity index is 1.66. The highest BCUT2D eigenvalue weighted by Crippen LogP contribution is 2.62. The quantitative estimate of drug-likeness (QED) is 0.759. The number of hydrogen-bond donors (Lipinski definition) is 1. The van der Waals surface area contributed by atoms with Crippen LogP contribution in [0.25, 0.3) is 11.1 Å². The first-order chi connectivity index (χ1) is 15.7. The number of fused-ring (bicyclic) bond motifs is 3. The van der Waals surface area contributed by atoms with Gasteiger partial charge in [-0.3, -0.25) is 14.7 Å². The van der Waals surface area contributed by atoms with Crippen LogP contribution in [-0.4, -0.2) is 47.7 Å². The molecule has 1 aromatic heterocycles. The number of alkyl halides is 3. The molecule has 1 fully saturated rings. The van der Waals surface area contributed by atoms with Crippen molar-refractivity contribution in [2.45, 2.75) is 49.9 Å². The van der Waals surface area contributed by atoms with Crippen molar-refractivity contribution in [3.8, 4) is 11.1 Å². The molecular formula is C24H25F3N4O2. The van der Waals surface area contributed by atoms with Gasteiger partial charge in [0.1, 0.15) is 6.54 Å². The fourth-order valence-corrected chi connectivity index (χ4v) is 5.91. The Hall–Kier alpha value is -2.94. The summed E-state index contributed by atoms with van der Waals surface area (Å²) in [4.78, 5) is 23.2. The lowest BCUT2D eigenvalue weighted by atomic mass is 9.61. The molecule has 2 aliphatic carbocycles. The van der Waals surface area contributed by atoms with Gasteiger partial charge in [0.25, 0.3) is 5.91 Å². The van der Waals surface area contributed by atoms with Gasteiger partial charge in [-0.1, -0.05) is 18.2 Å². The molecule has 2 heterocycles. The third kappa shape index (κ3) is 3.32. The number of pyridine rings is 1. The molecule has 2 N–H and O–H groups in total. The lowest BCUT2D eigenvalue weighted by Crippen LogP contribution is -2.53. The van der Waals surface area contributed by atoms with E-state index >= 15 is 0 Å². The summed E-state index contributed by atoms with van der Waals surface area (Å²) in [5, 5.41) is 0. The summed E-state index contributed by atoms with van der Waals surface area (Å²) in [6, 6.07) is 9.52. The molecule has 1 saturated carbocycles. The number of halogens is 3. The van der Waals surface area contributed by atoms with Crippen LogP contribution >= 0.6 is 0 Å². The van der Waals surface area contributed by atoms with Crippen molar-refractivity contribution in [3.05, 3.63) is 53.9 Å². The van der Waals surface area contributed by atoms with E-state index in [1.54, 1.807) is 19.5 Å². The van der Waals surface area contributed by atoms with Gasteiger partial charge in [-0.15, -0.1) is 0 Å². The second-order valence-electron chi connectivity index (χ2n) is 9.19. The summed E-state index contributed by atoms with van der Waals surface area (Å²) in [5.41, 5.74) is 7.17. The van der Waals surface area contributed by atoms with Crippen LogP contribution in [-0.2, 0) is 21.5 Å². The zero-order valence-electron chi connectivity index (χ0n) is 18.2. The lowest BCUT2D eigenvalue weighted by molar-refractivity contribution is -0.158. The van der Waals surface area contributed by atoms with Crippen LogP contribution in [0.5, 0.6) is 0 Å². The molecule has 1 unspecified atom stereocenters. The number of nitrogens with zero attached hydrogens (tertiary/aromatic N) is 3. The minimum Gasteiger partial charge on any atom is -0.381 e. The molecule has 0 bridgehead atoms. The Kier molecular flexibility index (Phi) is 5.00. The van der Waals surface area contributed by atoms with E-state index in [0.29, 0.717) is 42.6 Å². The Labute approximate surface area is 189 Å². The maximum Gasteiger partial charge on any atom is 0.406 e. The number of guanidine groups is 1. The predicted octanol–water partition coefficient (Wildman–Crippen LogP) is 3.79. The fraction of sp³-hybridized carbons (Fsp3) is 0.458. The lowest BCUT2D eigenvalue weighted by Gasteiger charge is -2.45. The molecule has 1 aliphatic heterocycles. The smallest absolute Gasteiger partial charge is 0.381 e. The predicted molar refractivity (Wildman–Crippen MR) is 116 cm³/mol. The molecule has 3 aliphatic rings. The number of amides is 1. The Morgan fingerprint density at radius 1 is 1.21 bits per heavy atom. The maximum atomic E-state index is 13.8. The monoisotopic (exact) mass is 458 g/mol. The molecule has 5 rings (SSSR count). The highest BCUT2D eigenvalue weighted by atomic mass is 19.4. The number of aliphatic imine (C=N–C) groups is 1. The van der Waals surface area contributed by atoms with Gasteiger partial charge < -0.3 is 10.5 Å². The minimum atomic E-state index is -4.58. The number of benzene rings is 1. The second kappa shape index (κ2) is 7.55. The number of carbonyl (C=O) groups is 1. The summed E-state index contributed by atoms with van der Waals surface area (Å²) in [6.45, 7) is -1.45.